The van der Waals surface area contributed by atoms with E-state index < -0.39 is 5.82 Å². The second kappa shape index (κ2) is 9.82. The van der Waals surface area contributed by atoms with E-state index in [4.69, 9.17) is 16.3 Å². The quantitative estimate of drug-likeness (QED) is 0.587. The third-order valence-corrected chi connectivity index (χ3v) is 5.56. The average Bonchev–Trinajstić information content (AvgIpc) is 2.82. The van der Waals surface area contributed by atoms with Crippen LogP contribution < -0.4 is 15.0 Å². The van der Waals surface area contributed by atoms with Crippen LogP contribution in [0.4, 0.5) is 20.7 Å². The van der Waals surface area contributed by atoms with Crippen molar-refractivity contribution in [3.05, 3.63) is 71.3 Å². The van der Waals surface area contributed by atoms with E-state index in [0.717, 1.165) is 17.7 Å². The van der Waals surface area contributed by atoms with Crippen molar-refractivity contribution in [1.29, 1.82) is 0 Å². The lowest BCUT2D eigenvalue weighted by Gasteiger charge is -2.35. The highest BCUT2D eigenvalue weighted by Crippen LogP contribution is 2.26. The number of carbonyl (C=O) groups excluding carboxylic acids is 1. The van der Waals surface area contributed by atoms with Gasteiger partial charge in [-0.05, 0) is 30.2 Å². The Kier molecular flexibility index (Phi) is 6.70. The summed E-state index contributed by atoms with van der Waals surface area (Å²) in [5, 5.41) is 3.00. The molecule has 2 aromatic carbocycles. The van der Waals surface area contributed by atoms with Gasteiger partial charge in [-0.2, -0.15) is 0 Å². The highest BCUT2D eigenvalue weighted by molar-refractivity contribution is 6.30. The van der Waals surface area contributed by atoms with Gasteiger partial charge < -0.3 is 19.9 Å². The Bertz CT molecular complexity index is 1110. The molecule has 0 radical (unpaired) electrons. The topological polar surface area (TPSA) is 70.6 Å². The van der Waals surface area contributed by atoms with Crippen molar-refractivity contribution < 1.29 is 13.9 Å². The molecule has 4 rings (SSSR count). The van der Waals surface area contributed by atoms with Crippen LogP contribution in [0.1, 0.15) is 12.5 Å². The number of carbonyl (C=O) groups is 1. The molecule has 2 amide bonds. The fourth-order valence-corrected chi connectivity index (χ4v) is 3.67. The molecule has 166 valence electrons. The highest BCUT2D eigenvalue weighted by atomic mass is 35.5. The minimum absolute atomic E-state index is 0.0206. The minimum atomic E-state index is -0.512. The second-order valence-electron chi connectivity index (χ2n) is 7.31. The monoisotopic (exact) mass is 455 g/mol. The number of piperazine rings is 1. The maximum Gasteiger partial charge on any atom is 0.321 e. The number of nitrogens with zero attached hydrogens (tertiary/aromatic N) is 4. The van der Waals surface area contributed by atoms with Gasteiger partial charge in [-0.25, -0.2) is 19.2 Å². The molecule has 1 aliphatic rings. The molecule has 0 unspecified atom stereocenters. The zero-order valence-electron chi connectivity index (χ0n) is 17.6. The van der Waals surface area contributed by atoms with Crippen molar-refractivity contribution in [2.24, 2.45) is 0 Å². The predicted octanol–water partition coefficient (Wildman–Crippen LogP) is 4.98. The molecule has 1 saturated heterocycles. The molecular formula is C23H23ClFN5O2. The lowest BCUT2D eigenvalue weighted by Crippen LogP contribution is -2.50. The molecule has 0 saturated carbocycles. The Balaban J connectivity index is 1.36. The van der Waals surface area contributed by atoms with Crippen LogP contribution in [0.15, 0.2) is 54.9 Å². The van der Waals surface area contributed by atoms with E-state index in [-0.39, 0.29) is 11.1 Å². The summed E-state index contributed by atoms with van der Waals surface area (Å²) in [4.78, 5) is 25.0. The molecule has 1 aromatic heterocycles. The number of hydrogen-bond acceptors (Lipinski definition) is 5. The Labute approximate surface area is 190 Å². The Morgan fingerprint density at radius 1 is 1.12 bits per heavy atom. The highest BCUT2D eigenvalue weighted by Gasteiger charge is 2.23. The largest absolute Gasteiger partial charge is 0.439 e. The van der Waals surface area contributed by atoms with Gasteiger partial charge in [0, 0.05) is 44.0 Å². The first-order valence-electron chi connectivity index (χ1n) is 10.4. The number of aromatic nitrogens is 2. The van der Waals surface area contributed by atoms with Crippen LogP contribution in [0.2, 0.25) is 5.02 Å². The number of aryl methyl sites for hydroxylation is 1. The van der Waals surface area contributed by atoms with Crippen molar-refractivity contribution in [3.8, 4) is 11.6 Å². The number of para-hydroxylation sites is 1. The van der Waals surface area contributed by atoms with Crippen LogP contribution >= 0.6 is 11.6 Å². The molecule has 1 N–H and O–H groups in total. The van der Waals surface area contributed by atoms with Gasteiger partial charge in [0.2, 0.25) is 5.88 Å². The van der Waals surface area contributed by atoms with Gasteiger partial charge >= 0.3 is 6.03 Å². The van der Waals surface area contributed by atoms with Crippen LogP contribution in [0, 0.1) is 5.82 Å². The zero-order valence-corrected chi connectivity index (χ0v) is 18.3. The smallest absolute Gasteiger partial charge is 0.321 e. The fraction of sp³-hybridized carbons (Fsp3) is 0.261. The van der Waals surface area contributed by atoms with Gasteiger partial charge in [-0.1, -0.05) is 36.7 Å². The average molecular weight is 456 g/mol. The van der Waals surface area contributed by atoms with Crippen LogP contribution in [-0.4, -0.2) is 47.1 Å². The fourth-order valence-electron chi connectivity index (χ4n) is 3.50. The first kappa shape index (κ1) is 21.8. The molecule has 0 atom stereocenters. The van der Waals surface area contributed by atoms with Gasteiger partial charge in [-0.3, -0.25) is 0 Å². The molecule has 0 spiro atoms. The molecule has 7 nitrogen and oxygen atoms in total. The van der Waals surface area contributed by atoms with Crippen LogP contribution in [0.25, 0.3) is 0 Å². The predicted molar refractivity (Wildman–Crippen MR) is 122 cm³/mol. The molecule has 2 heterocycles. The maximum atomic E-state index is 13.3. The summed E-state index contributed by atoms with van der Waals surface area (Å²) < 4.78 is 19.0. The first-order valence-corrected chi connectivity index (χ1v) is 10.7. The molecule has 0 bridgehead atoms. The summed E-state index contributed by atoms with van der Waals surface area (Å²) in [6.07, 6.45) is 2.27. The third-order valence-electron chi connectivity index (χ3n) is 5.27. The lowest BCUT2D eigenvalue weighted by atomic mass is 10.1. The third kappa shape index (κ3) is 5.08. The van der Waals surface area contributed by atoms with E-state index in [1.807, 2.05) is 24.3 Å². The van der Waals surface area contributed by atoms with Crippen molar-refractivity contribution in [2.75, 3.05) is 36.4 Å². The standard InChI is InChI=1S/C23H23ClFN5O2/c1-2-16-5-3-4-6-20(16)28-23(31)30-11-9-29(10-12-30)21-14-22(27-15-26-21)32-17-7-8-19(25)18(24)13-17/h3-8,13-15H,2,9-12H2,1H3,(H,28,31). The number of hydrogen-bond donors (Lipinski definition) is 1. The summed E-state index contributed by atoms with van der Waals surface area (Å²) in [5.74, 6) is 0.894. The zero-order chi connectivity index (χ0) is 22.5. The van der Waals surface area contributed by atoms with E-state index in [0.29, 0.717) is 43.6 Å². The first-order chi connectivity index (χ1) is 15.5. The summed E-state index contributed by atoms with van der Waals surface area (Å²) >= 11 is 5.81. The number of anilines is 2. The van der Waals surface area contributed by atoms with E-state index in [1.165, 1.54) is 24.5 Å². The van der Waals surface area contributed by atoms with Crippen molar-refractivity contribution in [3.63, 3.8) is 0 Å². The molecule has 9 heteroatoms. The van der Waals surface area contributed by atoms with E-state index in [2.05, 4.69) is 27.1 Å². The summed E-state index contributed by atoms with van der Waals surface area (Å²) in [6.45, 7) is 4.44. The molecule has 1 fully saturated rings. The summed E-state index contributed by atoms with van der Waals surface area (Å²) in [7, 11) is 0. The van der Waals surface area contributed by atoms with Gasteiger partial charge in [0.05, 0.1) is 5.02 Å². The van der Waals surface area contributed by atoms with Crippen LogP contribution in [0.3, 0.4) is 0 Å². The Morgan fingerprint density at radius 2 is 1.91 bits per heavy atom. The molecule has 32 heavy (non-hydrogen) atoms. The number of halogens is 2. The van der Waals surface area contributed by atoms with Crippen molar-refractivity contribution in [1.82, 2.24) is 14.9 Å². The van der Waals surface area contributed by atoms with Crippen molar-refractivity contribution >= 4 is 29.1 Å². The van der Waals surface area contributed by atoms with E-state index >= 15 is 0 Å². The van der Waals surface area contributed by atoms with Gasteiger partial charge in [0.1, 0.15) is 23.7 Å². The second-order valence-corrected chi connectivity index (χ2v) is 7.71. The maximum absolute atomic E-state index is 13.3. The number of urea groups is 1. The minimum Gasteiger partial charge on any atom is -0.439 e. The SMILES string of the molecule is CCc1ccccc1NC(=O)N1CCN(c2cc(Oc3ccc(F)c(Cl)c3)ncn2)CC1. The van der Waals surface area contributed by atoms with Gasteiger partial charge in [0.25, 0.3) is 0 Å². The van der Waals surface area contributed by atoms with E-state index in [9.17, 15) is 9.18 Å². The number of benzene rings is 2. The van der Waals surface area contributed by atoms with Crippen LogP contribution in [-0.2, 0) is 6.42 Å². The Hall–Kier alpha value is -3.39. The summed E-state index contributed by atoms with van der Waals surface area (Å²) in [5.41, 5.74) is 1.95. The van der Waals surface area contributed by atoms with Crippen molar-refractivity contribution in [2.45, 2.75) is 13.3 Å². The van der Waals surface area contributed by atoms with Gasteiger partial charge in [0.15, 0.2) is 0 Å². The van der Waals surface area contributed by atoms with Gasteiger partial charge in [-0.15, -0.1) is 0 Å². The molecule has 0 aliphatic carbocycles. The van der Waals surface area contributed by atoms with E-state index in [1.54, 1.807) is 11.0 Å². The lowest BCUT2D eigenvalue weighted by molar-refractivity contribution is 0.208. The number of nitrogens with one attached hydrogen (secondary N) is 1. The number of amides is 2. The molecule has 3 aromatic rings. The molecular weight excluding hydrogens is 433 g/mol. The summed E-state index contributed by atoms with van der Waals surface area (Å²) in [6, 6.07) is 13.5. The number of ether oxygens (including phenoxy) is 1. The Morgan fingerprint density at radius 3 is 2.66 bits per heavy atom. The molecule has 1 aliphatic heterocycles. The van der Waals surface area contributed by atoms with Crippen LogP contribution in [0.5, 0.6) is 11.6 Å². The normalized spacial score (nSPS) is 13.7. The number of rotatable bonds is 5.